The monoisotopic (exact) mass is 290 g/mol. The van der Waals surface area contributed by atoms with E-state index in [1.807, 2.05) is 0 Å². The van der Waals surface area contributed by atoms with Crippen LogP contribution in [0, 0.1) is 0 Å². The third-order valence-electron chi connectivity index (χ3n) is 2.55. The molecule has 100 valence electrons. The fraction of sp³-hybridized carbons (Fsp3) is 0.625. The van der Waals surface area contributed by atoms with E-state index < -0.39 is 6.29 Å². The second kappa shape index (κ2) is 5.71. The van der Waals surface area contributed by atoms with Crippen LogP contribution in [0.2, 0.25) is 0 Å². The van der Waals surface area contributed by atoms with E-state index in [-0.39, 0.29) is 22.4 Å². The van der Waals surface area contributed by atoms with Gasteiger partial charge in [-0.05, 0) is 24.4 Å². The Kier molecular flexibility index (Phi) is 4.24. The smallest absolute Gasteiger partial charge is 0.199 e. The summed E-state index contributed by atoms with van der Waals surface area (Å²) in [6, 6.07) is -0.0443. The predicted molar refractivity (Wildman–Crippen MR) is 73.4 cm³/mol. The molecule has 0 radical (unpaired) electrons. The van der Waals surface area contributed by atoms with Crippen LogP contribution >= 0.6 is 24.4 Å². The molecule has 2 fully saturated rings. The first-order chi connectivity index (χ1) is 8.56. The van der Waals surface area contributed by atoms with Gasteiger partial charge in [-0.1, -0.05) is 0 Å². The van der Waals surface area contributed by atoms with Gasteiger partial charge in [0.15, 0.2) is 16.5 Å². The first-order valence-corrected chi connectivity index (χ1v) is 6.08. The number of hydrogen-bond donors (Lipinski definition) is 5. The van der Waals surface area contributed by atoms with Crippen LogP contribution < -0.4 is 27.7 Å². The minimum atomic E-state index is -0.445. The topological polar surface area (TPSA) is 119 Å². The van der Waals surface area contributed by atoms with Crippen molar-refractivity contribution in [1.29, 1.82) is 0 Å². The van der Waals surface area contributed by atoms with Gasteiger partial charge in [0, 0.05) is 6.42 Å². The van der Waals surface area contributed by atoms with Crippen LogP contribution in [0.4, 0.5) is 0 Å². The molecule has 18 heavy (non-hydrogen) atoms. The molecule has 2 saturated heterocycles. The van der Waals surface area contributed by atoms with Crippen molar-refractivity contribution in [2.45, 2.75) is 24.9 Å². The molecule has 3 atom stereocenters. The van der Waals surface area contributed by atoms with Crippen molar-refractivity contribution >= 4 is 40.4 Å². The highest BCUT2D eigenvalue weighted by Gasteiger charge is 2.42. The van der Waals surface area contributed by atoms with Crippen LogP contribution in [-0.2, 0) is 9.47 Å². The second-order valence-electron chi connectivity index (χ2n) is 3.86. The second-order valence-corrected chi connectivity index (χ2v) is 4.74. The van der Waals surface area contributed by atoms with Gasteiger partial charge in [-0.2, -0.15) is 5.10 Å². The maximum Gasteiger partial charge on any atom is 0.199 e. The Morgan fingerprint density at radius 1 is 1.33 bits per heavy atom. The Bertz CT molecular complexity index is 390. The van der Waals surface area contributed by atoms with E-state index in [9.17, 15) is 0 Å². The number of rotatable bonds is 3. The molecule has 0 saturated carbocycles. The predicted octanol–water partition coefficient (Wildman–Crippen LogP) is -1.97. The van der Waals surface area contributed by atoms with Gasteiger partial charge in [0.2, 0.25) is 0 Å². The zero-order valence-corrected chi connectivity index (χ0v) is 11.0. The molecule has 7 N–H and O–H groups in total. The lowest BCUT2D eigenvalue weighted by Crippen LogP contribution is -2.55. The number of hydrogen-bond acceptors (Lipinski definition) is 6. The average Bonchev–Trinajstić information content (AvgIpc) is 2.71. The SMILES string of the molecule is NC(=S)N/N=C1/C[C@H](NNC(N)=S)[C@H]2CO[C@@H]1O2. The van der Waals surface area contributed by atoms with Crippen molar-refractivity contribution in [3.63, 3.8) is 0 Å². The lowest BCUT2D eigenvalue weighted by atomic mass is 10.0. The van der Waals surface area contributed by atoms with E-state index in [2.05, 4.69) is 33.6 Å². The number of hydrazone groups is 1. The third-order valence-corrected chi connectivity index (χ3v) is 2.74. The van der Waals surface area contributed by atoms with E-state index >= 15 is 0 Å². The number of thiocarbonyl (C=S) groups is 2. The Morgan fingerprint density at radius 2 is 2.11 bits per heavy atom. The highest BCUT2D eigenvalue weighted by molar-refractivity contribution is 7.80. The van der Waals surface area contributed by atoms with Crippen molar-refractivity contribution in [3.05, 3.63) is 0 Å². The largest absolute Gasteiger partial charge is 0.375 e. The molecule has 2 aliphatic heterocycles. The fourth-order valence-electron chi connectivity index (χ4n) is 1.79. The Hall–Kier alpha value is -1.07. The molecule has 2 bridgehead atoms. The highest BCUT2D eigenvalue weighted by Crippen LogP contribution is 2.25. The van der Waals surface area contributed by atoms with Crippen molar-refractivity contribution in [3.8, 4) is 0 Å². The van der Waals surface area contributed by atoms with Crippen LogP contribution in [0.1, 0.15) is 6.42 Å². The summed E-state index contributed by atoms with van der Waals surface area (Å²) in [6.07, 6.45) is 0.0981. The van der Waals surface area contributed by atoms with E-state index in [1.54, 1.807) is 0 Å². The van der Waals surface area contributed by atoms with Gasteiger partial charge in [-0.25, -0.2) is 5.43 Å². The van der Waals surface area contributed by atoms with Gasteiger partial charge in [-0.3, -0.25) is 10.9 Å². The highest BCUT2D eigenvalue weighted by atomic mass is 32.1. The normalized spacial score (nSPS) is 32.2. The molecular formula is C8H14N6O2S2. The van der Waals surface area contributed by atoms with Crippen LogP contribution in [0.3, 0.4) is 0 Å². The minimum Gasteiger partial charge on any atom is -0.375 e. The zero-order chi connectivity index (χ0) is 13.1. The molecule has 0 amide bonds. The van der Waals surface area contributed by atoms with Crippen molar-refractivity contribution < 1.29 is 9.47 Å². The fourth-order valence-corrected chi connectivity index (χ4v) is 1.90. The molecule has 2 aliphatic rings. The van der Waals surface area contributed by atoms with Gasteiger partial charge in [0.05, 0.1) is 18.4 Å². The molecule has 2 rings (SSSR count). The quantitative estimate of drug-likeness (QED) is 0.298. The van der Waals surface area contributed by atoms with E-state index in [1.165, 1.54) is 0 Å². The summed E-state index contributed by atoms with van der Waals surface area (Å²) in [4.78, 5) is 0. The van der Waals surface area contributed by atoms with Gasteiger partial charge in [0.1, 0.15) is 6.10 Å². The number of nitrogens with zero attached hydrogens (tertiary/aromatic N) is 1. The Labute approximate surface area is 114 Å². The van der Waals surface area contributed by atoms with Crippen molar-refractivity contribution in [2.24, 2.45) is 16.6 Å². The maximum atomic E-state index is 5.62. The molecule has 0 aromatic heterocycles. The van der Waals surface area contributed by atoms with Crippen LogP contribution in [0.5, 0.6) is 0 Å². The number of fused-ring (bicyclic) bond motifs is 2. The molecule has 0 aromatic rings. The first kappa shape index (κ1) is 13.4. The lowest BCUT2D eigenvalue weighted by molar-refractivity contribution is -0.0263. The Morgan fingerprint density at radius 3 is 2.78 bits per heavy atom. The first-order valence-electron chi connectivity index (χ1n) is 5.26. The summed E-state index contributed by atoms with van der Waals surface area (Å²) < 4.78 is 11.1. The minimum absolute atomic E-state index is 0.0443. The number of nitrogens with two attached hydrogens (primary N) is 2. The zero-order valence-electron chi connectivity index (χ0n) is 9.38. The van der Waals surface area contributed by atoms with E-state index in [4.69, 9.17) is 33.2 Å². The van der Waals surface area contributed by atoms with Gasteiger partial charge in [0.25, 0.3) is 0 Å². The summed E-state index contributed by atoms with van der Waals surface area (Å²) in [6.45, 7) is 0.480. The Balaban J connectivity index is 1.98. The molecular weight excluding hydrogens is 276 g/mol. The number of nitrogens with one attached hydrogen (secondary N) is 3. The summed E-state index contributed by atoms with van der Waals surface area (Å²) >= 11 is 9.40. The average molecular weight is 290 g/mol. The lowest BCUT2D eigenvalue weighted by Gasteiger charge is -2.29. The summed E-state index contributed by atoms with van der Waals surface area (Å²) in [5.41, 5.74) is 19.5. The van der Waals surface area contributed by atoms with Gasteiger partial charge >= 0.3 is 0 Å². The molecule has 8 nitrogen and oxygen atoms in total. The van der Waals surface area contributed by atoms with Gasteiger partial charge in [-0.15, -0.1) is 0 Å². The number of hydrazine groups is 1. The standard InChI is InChI=1S/C8H14N6O2S2/c9-7(17)13-11-3-1-4(12-14-8(10)18)6-15-2-5(3)16-6/h3,5-6,11H,1-2H2,(H3,9,13,17)(H3,10,14,18)/b12-4-/t3-,5+,6+/m0/s1. The molecule has 0 aliphatic carbocycles. The summed E-state index contributed by atoms with van der Waals surface area (Å²) in [7, 11) is 0. The molecule has 2 heterocycles. The molecule has 10 heteroatoms. The summed E-state index contributed by atoms with van der Waals surface area (Å²) in [5.74, 6) is 0. The van der Waals surface area contributed by atoms with E-state index in [0.29, 0.717) is 18.7 Å². The summed E-state index contributed by atoms with van der Waals surface area (Å²) in [5, 5.41) is 4.31. The molecule has 0 spiro atoms. The molecule has 0 aromatic carbocycles. The van der Waals surface area contributed by atoms with Crippen LogP contribution in [-0.4, -0.2) is 41.0 Å². The van der Waals surface area contributed by atoms with Crippen molar-refractivity contribution in [1.82, 2.24) is 16.3 Å². The maximum absolute atomic E-state index is 5.62. The molecule has 0 unspecified atom stereocenters. The third kappa shape index (κ3) is 3.23. The van der Waals surface area contributed by atoms with Crippen LogP contribution in [0.25, 0.3) is 0 Å². The van der Waals surface area contributed by atoms with Crippen LogP contribution in [0.15, 0.2) is 5.10 Å². The van der Waals surface area contributed by atoms with Gasteiger partial charge < -0.3 is 20.9 Å². The number of ether oxygens (including phenoxy) is 2. The van der Waals surface area contributed by atoms with Crippen molar-refractivity contribution in [2.75, 3.05) is 6.61 Å². The van der Waals surface area contributed by atoms with E-state index in [0.717, 1.165) is 0 Å².